The summed E-state index contributed by atoms with van der Waals surface area (Å²) >= 11 is 0. The number of aliphatic carboxylic acids is 1. The molecule has 1 aromatic rings. The minimum absolute atomic E-state index is 0.173. The topological polar surface area (TPSA) is 108 Å². The van der Waals surface area contributed by atoms with Crippen LogP contribution in [0.5, 0.6) is 0 Å². The number of aromatic nitrogens is 2. The maximum Gasteiger partial charge on any atom is 0.329 e. The van der Waals surface area contributed by atoms with E-state index in [0.717, 1.165) is 5.82 Å². The van der Waals surface area contributed by atoms with Gasteiger partial charge in [0, 0.05) is 25.4 Å². The molecule has 8 nitrogen and oxygen atoms in total. The van der Waals surface area contributed by atoms with Crippen molar-refractivity contribution in [3.05, 3.63) is 18.2 Å². The van der Waals surface area contributed by atoms with Gasteiger partial charge in [0.25, 0.3) is 0 Å². The molecule has 1 fully saturated rings. The summed E-state index contributed by atoms with van der Waals surface area (Å²) in [5.74, 6) is -0.184. The van der Waals surface area contributed by atoms with Crippen LogP contribution in [0.15, 0.2) is 12.4 Å². The molecule has 0 aliphatic carbocycles. The van der Waals surface area contributed by atoms with Gasteiger partial charge in [-0.15, -0.1) is 0 Å². The van der Waals surface area contributed by atoms with E-state index in [2.05, 4.69) is 15.3 Å². The molecule has 110 valence electrons. The monoisotopic (exact) mass is 282 g/mol. The molecule has 0 atom stereocenters. The van der Waals surface area contributed by atoms with Crippen molar-refractivity contribution < 1.29 is 19.4 Å². The third-order valence-electron chi connectivity index (χ3n) is 3.07. The Bertz CT molecular complexity index is 468. The number of imidazole rings is 1. The van der Waals surface area contributed by atoms with Gasteiger partial charge in [0.15, 0.2) is 0 Å². The first-order chi connectivity index (χ1) is 9.48. The lowest BCUT2D eigenvalue weighted by atomic mass is 9.97. The summed E-state index contributed by atoms with van der Waals surface area (Å²) < 4.78 is 5.23. The van der Waals surface area contributed by atoms with Crippen molar-refractivity contribution in [2.75, 3.05) is 26.2 Å². The van der Waals surface area contributed by atoms with Crippen molar-refractivity contribution in [2.24, 2.45) is 0 Å². The number of carboxylic acids is 1. The molecule has 2 amide bonds. The smallest absolute Gasteiger partial charge is 0.329 e. The number of nitrogens with one attached hydrogen (secondary N) is 2. The summed E-state index contributed by atoms with van der Waals surface area (Å²) in [4.78, 5) is 30.8. The third kappa shape index (κ3) is 3.70. The van der Waals surface area contributed by atoms with Crippen molar-refractivity contribution >= 4 is 12.0 Å². The van der Waals surface area contributed by atoms with Gasteiger partial charge in [-0.3, -0.25) is 0 Å². The van der Waals surface area contributed by atoms with Crippen molar-refractivity contribution in [1.29, 1.82) is 0 Å². The van der Waals surface area contributed by atoms with E-state index in [-0.39, 0.29) is 12.6 Å². The Morgan fingerprint density at radius 2 is 2.35 bits per heavy atom. The number of nitrogens with zero attached hydrogens (tertiary/aromatic N) is 2. The Labute approximate surface area is 116 Å². The highest BCUT2D eigenvalue weighted by Gasteiger charge is 2.42. The molecule has 0 aromatic carbocycles. The summed E-state index contributed by atoms with van der Waals surface area (Å²) in [5.41, 5.74) is -0.559. The SMILES string of the molecule is CC1(OCC(=O)O)CN(C(=O)NCCc2ncc[nH]2)C1. The van der Waals surface area contributed by atoms with Crippen LogP contribution < -0.4 is 5.32 Å². The molecule has 2 heterocycles. The standard InChI is InChI=1S/C12H18N4O4/c1-12(20-6-10(17)18)7-16(8-12)11(19)15-3-2-9-13-4-5-14-9/h4-5H,2-3,6-8H2,1H3,(H,13,14)(H,15,19)(H,17,18). The quantitative estimate of drug-likeness (QED) is 0.672. The predicted molar refractivity (Wildman–Crippen MR) is 69.3 cm³/mol. The van der Waals surface area contributed by atoms with Gasteiger partial charge in [-0.1, -0.05) is 0 Å². The highest BCUT2D eigenvalue weighted by atomic mass is 16.5. The van der Waals surface area contributed by atoms with Crippen LogP contribution in [0, 0.1) is 0 Å². The van der Waals surface area contributed by atoms with E-state index in [1.54, 1.807) is 24.2 Å². The first kappa shape index (κ1) is 14.3. The molecule has 1 aromatic heterocycles. The largest absolute Gasteiger partial charge is 0.480 e. The number of aromatic amines is 1. The highest BCUT2D eigenvalue weighted by molar-refractivity contribution is 5.75. The van der Waals surface area contributed by atoms with Gasteiger partial charge in [-0.2, -0.15) is 0 Å². The second-order valence-corrected chi connectivity index (χ2v) is 5.01. The van der Waals surface area contributed by atoms with Crippen LogP contribution in [0.1, 0.15) is 12.7 Å². The number of urea groups is 1. The summed E-state index contributed by atoms with van der Waals surface area (Å²) in [6.07, 6.45) is 4.04. The van der Waals surface area contributed by atoms with Crippen molar-refractivity contribution in [2.45, 2.75) is 18.9 Å². The van der Waals surface area contributed by atoms with Gasteiger partial charge in [-0.05, 0) is 6.92 Å². The van der Waals surface area contributed by atoms with Crippen LogP contribution in [-0.2, 0) is 16.0 Å². The number of hydrogen-bond donors (Lipinski definition) is 3. The molecule has 8 heteroatoms. The summed E-state index contributed by atoms with van der Waals surface area (Å²) in [6, 6.07) is -0.173. The van der Waals surface area contributed by atoms with Gasteiger partial charge in [0.05, 0.1) is 13.1 Å². The van der Waals surface area contributed by atoms with Crippen LogP contribution in [0.25, 0.3) is 0 Å². The molecule has 1 saturated heterocycles. The van der Waals surface area contributed by atoms with E-state index in [0.29, 0.717) is 26.1 Å². The number of likely N-dealkylation sites (tertiary alicyclic amines) is 1. The maximum absolute atomic E-state index is 11.8. The Kier molecular flexibility index (Phi) is 4.23. The first-order valence-corrected chi connectivity index (χ1v) is 6.35. The first-order valence-electron chi connectivity index (χ1n) is 6.35. The normalized spacial score (nSPS) is 16.6. The number of carbonyl (C=O) groups is 2. The fourth-order valence-corrected chi connectivity index (χ4v) is 2.07. The molecular formula is C12H18N4O4. The maximum atomic E-state index is 11.8. The Morgan fingerprint density at radius 3 is 2.95 bits per heavy atom. The molecule has 1 aliphatic heterocycles. The molecule has 0 spiro atoms. The fourth-order valence-electron chi connectivity index (χ4n) is 2.07. The fraction of sp³-hybridized carbons (Fsp3) is 0.583. The van der Waals surface area contributed by atoms with Crippen LogP contribution in [-0.4, -0.2) is 63.8 Å². The number of hydrogen-bond acceptors (Lipinski definition) is 4. The van der Waals surface area contributed by atoms with Gasteiger partial charge in [0.2, 0.25) is 0 Å². The lowest BCUT2D eigenvalue weighted by Crippen LogP contribution is -2.65. The minimum Gasteiger partial charge on any atom is -0.480 e. The second-order valence-electron chi connectivity index (χ2n) is 5.01. The molecule has 0 unspecified atom stereocenters. The minimum atomic E-state index is -1.01. The van der Waals surface area contributed by atoms with Gasteiger partial charge in [-0.25, -0.2) is 14.6 Å². The number of ether oxygens (including phenoxy) is 1. The summed E-state index contributed by atoms with van der Waals surface area (Å²) in [5, 5.41) is 11.3. The zero-order valence-corrected chi connectivity index (χ0v) is 11.3. The molecule has 1 aliphatic rings. The Morgan fingerprint density at radius 1 is 1.60 bits per heavy atom. The number of carbonyl (C=O) groups excluding carboxylic acids is 1. The molecular weight excluding hydrogens is 264 g/mol. The van der Waals surface area contributed by atoms with Gasteiger partial charge >= 0.3 is 12.0 Å². The summed E-state index contributed by atoms with van der Waals surface area (Å²) in [7, 11) is 0. The Hall–Kier alpha value is -2.09. The highest BCUT2D eigenvalue weighted by Crippen LogP contribution is 2.24. The average molecular weight is 282 g/mol. The van der Waals surface area contributed by atoms with Crippen molar-refractivity contribution in [1.82, 2.24) is 20.2 Å². The van der Waals surface area contributed by atoms with Crippen molar-refractivity contribution in [3.63, 3.8) is 0 Å². The van der Waals surface area contributed by atoms with E-state index >= 15 is 0 Å². The van der Waals surface area contributed by atoms with E-state index in [1.165, 1.54) is 0 Å². The van der Waals surface area contributed by atoms with Crippen LogP contribution in [0.3, 0.4) is 0 Å². The second kappa shape index (κ2) is 5.91. The lowest BCUT2D eigenvalue weighted by Gasteiger charge is -2.46. The molecule has 0 radical (unpaired) electrons. The van der Waals surface area contributed by atoms with Gasteiger partial charge < -0.3 is 25.0 Å². The van der Waals surface area contributed by atoms with E-state index < -0.39 is 11.6 Å². The number of H-pyrrole nitrogens is 1. The average Bonchev–Trinajstić information content (AvgIpc) is 2.86. The number of rotatable bonds is 6. The van der Waals surface area contributed by atoms with Crippen LogP contribution in [0.4, 0.5) is 4.79 Å². The third-order valence-corrected chi connectivity index (χ3v) is 3.07. The zero-order valence-electron chi connectivity index (χ0n) is 11.3. The van der Waals surface area contributed by atoms with Crippen LogP contribution in [0.2, 0.25) is 0 Å². The molecule has 0 saturated carbocycles. The van der Waals surface area contributed by atoms with Crippen LogP contribution >= 0.6 is 0 Å². The van der Waals surface area contributed by atoms with Gasteiger partial charge in [0.1, 0.15) is 18.0 Å². The van der Waals surface area contributed by atoms with E-state index in [4.69, 9.17) is 9.84 Å². The molecule has 0 bridgehead atoms. The molecule has 3 N–H and O–H groups in total. The number of amides is 2. The lowest BCUT2D eigenvalue weighted by molar-refractivity contribution is -0.159. The molecule has 20 heavy (non-hydrogen) atoms. The van der Waals surface area contributed by atoms with E-state index in [9.17, 15) is 9.59 Å². The molecule has 2 rings (SSSR count). The van der Waals surface area contributed by atoms with E-state index in [1.807, 2.05) is 0 Å². The zero-order chi connectivity index (χ0) is 14.6. The predicted octanol–water partition coefficient (Wildman–Crippen LogP) is -0.163. The van der Waals surface area contributed by atoms with Crippen molar-refractivity contribution in [3.8, 4) is 0 Å². The summed E-state index contributed by atoms with van der Waals surface area (Å²) in [6.45, 7) is 2.74. The number of carboxylic acid groups (broad SMARTS) is 1. The Balaban J connectivity index is 1.64.